The zero-order chi connectivity index (χ0) is 22.8. The fourth-order valence-corrected chi connectivity index (χ4v) is 4.28. The summed E-state index contributed by atoms with van der Waals surface area (Å²) < 4.78 is 13.2. The lowest BCUT2D eigenvalue weighted by molar-refractivity contribution is -0.120. The lowest BCUT2D eigenvalue weighted by Crippen LogP contribution is -2.38. The van der Waals surface area contributed by atoms with E-state index in [1.807, 2.05) is 29.2 Å². The molecule has 0 saturated carbocycles. The molecule has 33 heavy (non-hydrogen) atoms. The molecule has 1 N–H and O–H groups in total. The number of anilines is 2. The summed E-state index contributed by atoms with van der Waals surface area (Å²) in [6.45, 7) is 4.07. The zero-order valence-electron chi connectivity index (χ0n) is 18.3. The van der Waals surface area contributed by atoms with Crippen LogP contribution in [0.1, 0.15) is 31.9 Å². The first-order chi connectivity index (χ1) is 16.2. The molecule has 0 atom stereocenters. The highest BCUT2D eigenvalue weighted by Crippen LogP contribution is 2.31. The van der Waals surface area contributed by atoms with E-state index >= 15 is 0 Å². The van der Waals surface area contributed by atoms with Crippen molar-refractivity contribution >= 4 is 28.8 Å². The molecule has 0 bridgehead atoms. The lowest BCUT2D eigenvalue weighted by atomic mass is 9.96. The summed E-state index contributed by atoms with van der Waals surface area (Å²) in [6, 6.07) is 13.5. The van der Waals surface area contributed by atoms with Crippen molar-refractivity contribution < 1.29 is 13.6 Å². The summed E-state index contributed by atoms with van der Waals surface area (Å²) in [6.07, 6.45) is 3.76. The van der Waals surface area contributed by atoms with E-state index in [2.05, 4.69) is 32.8 Å². The lowest BCUT2D eigenvalue weighted by Gasteiger charge is -2.30. The number of furan rings is 1. The van der Waals surface area contributed by atoms with E-state index in [1.54, 1.807) is 12.1 Å². The maximum atomic E-state index is 13.0. The summed E-state index contributed by atoms with van der Waals surface area (Å²) >= 11 is 0. The van der Waals surface area contributed by atoms with Gasteiger partial charge < -0.3 is 18.3 Å². The van der Waals surface area contributed by atoms with E-state index in [9.17, 15) is 10.1 Å². The van der Waals surface area contributed by atoms with Crippen molar-refractivity contribution in [2.45, 2.75) is 32.7 Å². The highest BCUT2D eigenvalue weighted by atomic mass is 16.4. The minimum atomic E-state index is -0.144. The normalized spacial score (nSPS) is 14.5. The van der Waals surface area contributed by atoms with Gasteiger partial charge in [0.25, 0.3) is 5.89 Å². The van der Waals surface area contributed by atoms with E-state index in [0.29, 0.717) is 43.5 Å². The minimum Gasteiger partial charge on any atom is -0.459 e. The fourth-order valence-electron chi connectivity index (χ4n) is 4.28. The topological polar surface area (TPSA) is 113 Å². The van der Waals surface area contributed by atoms with Crippen molar-refractivity contribution in [3.63, 3.8) is 0 Å². The SMILES string of the molecule is CCCn1c(NC(=O)C2CCN(c3oc(-c4ccco4)nc3C#N)CC2)nc2ccccc21. The number of carbonyl (C=O) groups excluding carboxylic acids is 1. The van der Waals surface area contributed by atoms with Gasteiger partial charge in [-0.2, -0.15) is 10.2 Å². The van der Waals surface area contributed by atoms with Crippen LogP contribution in [0.2, 0.25) is 0 Å². The van der Waals surface area contributed by atoms with Crippen LogP contribution in [0.5, 0.6) is 0 Å². The van der Waals surface area contributed by atoms with Gasteiger partial charge in [-0.15, -0.1) is 0 Å². The summed E-state index contributed by atoms with van der Waals surface area (Å²) in [4.78, 5) is 23.9. The van der Waals surface area contributed by atoms with Gasteiger partial charge in [-0.25, -0.2) is 4.98 Å². The highest BCUT2D eigenvalue weighted by Gasteiger charge is 2.30. The number of piperidine rings is 1. The number of hydrogen-bond donors (Lipinski definition) is 1. The van der Waals surface area contributed by atoms with Crippen LogP contribution in [-0.4, -0.2) is 33.5 Å². The number of carbonyl (C=O) groups is 1. The minimum absolute atomic E-state index is 0.0309. The number of benzene rings is 1. The van der Waals surface area contributed by atoms with Crippen LogP contribution in [0.25, 0.3) is 22.7 Å². The second-order valence-electron chi connectivity index (χ2n) is 8.09. The van der Waals surface area contributed by atoms with Gasteiger partial charge in [0.05, 0.1) is 17.3 Å². The number of aromatic nitrogens is 3. The molecule has 0 spiro atoms. The third-order valence-electron chi connectivity index (χ3n) is 5.94. The largest absolute Gasteiger partial charge is 0.459 e. The molecule has 3 aromatic heterocycles. The third kappa shape index (κ3) is 3.96. The molecule has 0 unspecified atom stereocenters. The van der Waals surface area contributed by atoms with E-state index in [-0.39, 0.29) is 23.4 Å². The maximum Gasteiger partial charge on any atom is 0.266 e. The van der Waals surface area contributed by atoms with Crippen LogP contribution in [0.3, 0.4) is 0 Å². The van der Waals surface area contributed by atoms with Gasteiger partial charge in [0.15, 0.2) is 5.76 Å². The van der Waals surface area contributed by atoms with E-state index < -0.39 is 0 Å². The van der Waals surface area contributed by atoms with Crippen LogP contribution in [0.15, 0.2) is 51.5 Å². The first-order valence-electron chi connectivity index (χ1n) is 11.1. The van der Waals surface area contributed by atoms with Crippen molar-refractivity contribution in [2.24, 2.45) is 5.92 Å². The molecule has 1 aliphatic rings. The Morgan fingerprint density at radius 1 is 1.21 bits per heavy atom. The van der Waals surface area contributed by atoms with Gasteiger partial charge in [-0.1, -0.05) is 19.1 Å². The molecule has 168 valence electrons. The summed E-state index contributed by atoms with van der Waals surface area (Å²) in [5.41, 5.74) is 2.11. The monoisotopic (exact) mass is 444 g/mol. The molecule has 1 amide bonds. The standard InChI is InChI=1S/C24H24N6O3/c1-2-11-30-19-7-4-3-6-17(19)27-24(30)28-21(31)16-9-12-29(13-10-16)23-18(15-25)26-22(33-23)20-8-5-14-32-20/h3-8,14,16H,2,9-13H2,1H3,(H,27,28,31). The van der Waals surface area contributed by atoms with Crippen molar-refractivity contribution in [3.05, 3.63) is 48.4 Å². The number of nitrogens with zero attached hydrogens (tertiary/aromatic N) is 5. The molecule has 1 fully saturated rings. The summed E-state index contributed by atoms with van der Waals surface area (Å²) in [5, 5.41) is 12.5. The number of para-hydroxylation sites is 2. The Morgan fingerprint density at radius 2 is 2.03 bits per heavy atom. The van der Waals surface area contributed by atoms with E-state index in [1.165, 1.54) is 6.26 Å². The Morgan fingerprint density at radius 3 is 2.76 bits per heavy atom. The molecule has 4 aromatic rings. The molecule has 5 rings (SSSR count). The summed E-state index contributed by atoms with van der Waals surface area (Å²) in [7, 11) is 0. The quantitative estimate of drug-likeness (QED) is 0.468. The predicted octanol–water partition coefficient (Wildman–Crippen LogP) is 4.42. The maximum absolute atomic E-state index is 13.0. The number of aryl methyl sites for hydroxylation is 1. The molecule has 0 radical (unpaired) electrons. The molecule has 9 heteroatoms. The Hall–Kier alpha value is -4.06. The zero-order valence-corrected chi connectivity index (χ0v) is 18.3. The Balaban J connectivity index is 1.28. The fraction of sp³-hybridized carbons (Fsp3) is 0.333. The van der Waals surface area contributed by atoms with Gasteiger partial charge in [0, 0.05) is 25.6 Å². The van der Waals surface area contributed by atoms with Crippen molar-refractivity contribution in [3.8, 4) is 17.7 Å². The van der Waals surface area contributed by atoms with Gasteiger partial charge in [-0.05, 0) is 43.5 Å². The number of rotatable bonds is 6. The van der Waals surface area contributed by atoms with E-state index in [0.717, 1.165) is 24.0 Å². The predicted molar refractivity (Wildman–Crippen MR) is 123 cm³/mol. The van der Waals surface area contributed by atoms with Crippen LogP contribution in [0, 0.1) is 17.2 Å². The Kier molecular flexibility index (Phi) is 5.57. The molecular weight excluding hydrogens is 420 g/mol. The van der Waals surface area contributed by atoms with Gasteiger partial charge in [0.2, 0.25) is 23.4 Å². The number of imidazole rings is 1. The number of oxazole rings is 1. The number of hydrogen-bond acceptors (Lipinski definition) is 7. The second kappa shape index (κ2) is 8.82. The average Bonchev–Trinajstić information content (AvgIpc) is 3.58. The third-order valence-corrected chi connectivity index (χ3v) is 5.94. The highest BCUT2D eigenvalue weighted by molar-refractivity contribution is 5.93. The van der Waals surface area contributed by atoms with Gasteiger partial charge >= 0.3 is 0 Å². The first-order valence-corrected chi connectivity index (χ1v) is 11.1. The smallest absolute Gasteiger partial charge is 0.266 e. The van der Waals surface area contributed by atoms with Gasteiger partial charge in [0.1, 0.15) is 6.07 Å². The average molecular weight is 444 g/mol. The van der Waals surface area contributed by atoms with Crippen molar-refractivity contribution in [1.29, 1.82) is 5.26 Å². The van der Waals surface area contributed by atoms with E-state index in [4.69, 9.17) is 8.83 Å². The number of nitrogens with one attached hydrogen (secondary N) is 1. The van der Waals surface area contributed by atoms with Gasteiger partial charge in [-0.3, -0.25) is 10.1 Å². The van der Waals surface area contributed by atoms with Crippen LogP contribution in [-0.2, 0) is 11.3 Å². The Labute approximate surface area is 190 Å². The second-order valence-corrected chi connectivity index (χ2v) is 8.09. The number of fused-ring (bicyclic) bond motifs is 1. The summed E-state index contributed by atoms with van der Waals surface area (Å²) in [5.74, 6) is 1.59. The molecule has 0 aliphatic carbocycles. The molecule has 1 aliphatic heterocycles. The number of amides is 1. The van der Waals surface area contributed by atoms with Crippen LogP contribution in [0.4, 0.5) is 11.8 Å². The molecule has 1 aromatic carbocycles. The first kappa shape index (κ1) is 20.8. The molecule has 9 nitrogen and oxygen atoms in total. The van der Waals surface area contributed by atoms with Crippen LogP contribution < -0.4 is 10.2 Å². The Bertz CT molecular complexity index is 1310. The molecule has 4 heterocycles. The molecular formula is C24H24N6O3. The van der Waals surface area contributed by atoms with Crippen LogP contribution >= 0.6 is 0 Å². The molecule has 1 saturated heterocycles. The van der Waals surface area contributed by atoms with Crippen molar-refractivity contribution in [1.82, 2.24) is 14.5 Å². The number of nitriles is 1. The van der Waals surface area contributed by atoms with Crippen molar-refractivity contribution in [2.75, 3.05) is 23.3 Å².